The molecular formula is C25H22N4O5. The van der Waals surface area contributed by atoms with Crippen LogP contribution in [0.3, 0.4) is 0 Å². The first-order chi connectivity index (χ1) is 16.5. The standard InChI is InChI=1S/C25H22N4O5/c1-29-22(20(13-28-29)24(32)26-12-6-11-23(30)31)14-27-25(33)34-15-21-18-9-4-2-7-16(18)17-8-3-5-10-19(17)21/h2-5,7-10,13,21H,12,14-15H2,1H3,(H,26,32)(H,27,33)(H,30,31). The maximum absolute atomic E-state index is 12.4. The van der Waals surface area contributed by atoms with E-state index in [4.69, 9.17) is 9.84 Å². The Morgan fingerprint density at radius 3 is 2.35 bits per heavy atom. The van der Waals surface area contributed by atoms with Crippen LogP contribution in [0.4, 0.5) is 4.79 Å². The van der Waals surface area contributed by atoms with Gasteiger partial charge in [0.2, 0.25) is 0 Å². The van der Waals surface area contributed by atoms with E-state index in [0.29, 0.717) is 5.69 Å². The number of rotatable bonds is 6. The van der Waals surface area contributed by atoms with Crippen LogP contribution in [-0.2, 0) is 23.1 Å². The highest BCUT2D eigenvalue weighted by molar-refractivity contribution is 5.95. The van der Waals surface area contributed by atoms with E-state index in [2.05, 4.69) is 33.8 Å². The van der Waals surface area contributed by atoms with Crippen molar-refractivity contribution in [3.8, 4) is 23.0 Å². The minimum absolute atomic E-state index is 0.0245. The fourth-order valence-electron chi connectivity index (χ4n) is 4.01. The van der Waals surface area contributed by atoms with Gasteiger partial charge in [-0.15, -0.1) is 0 Å². The summed E-state index contributed by atoms with van der Waals surface area (Å²) in [5.74, 6) is 2.44. The second-order valence-corrected chi connectivity index (χ2v) is 7.60. The number of aliphatic carboxylic acids is 1. The molecule has 3 N–H and O–H groups in total. The first kappa shape index (κ1) is 22.6. The van der Waals surface area contributed by atoms with Crippen molar-refractivity contribution in [2.45, 2.75) is 12.5 Å². The maximum Gasteiger partial charge on any atom is 0.407 e. The van der Waals surface area contributed by atoms with Gasteiger partial charge in [-0.2, -0.15) is 5.10 Å². The molecule has 9 heteroatoms. The van der Waals surface area contributed by atoms with Crippen molar-refractivity contribution in [3.63, 3.8) is 0 Å². The average molecular weight is 458 g/mol. The molecule has 0 bridgehead atoms. The number of ether oxygens (including phenoxy) is 1. The van der Waals surface area contributed by atoms with Gasteiger partial charge >= 0.3 is 12.1 Å². The highest BCUT2D eigenvalue weighted by Gasteiger charge is 2.29. The quantitative estimate of drug-likeness (QED) is 0.487. The van der Waals surface area contributed by atoms with E-state index in [1.165, 1.54) is 10.9 Å². The van der Waals surface area contributed by atoms with Gasteiger partial charge in [0.25, 0.3) is 5.91 Å². The smallest absolute Gasteiger partial charge is 0.407 e. The van der Waals surface area contributed by atoms with Crippen molar-refractivity contribution in [2.75, 3.05) is 13.2 Å². The van der Waals surface area contributed by atoms with Crippen LogP contribution in [0.2, 0.25) is 0 Å². The number of benzene rings is 2. The number of aryl methyl sites for hydroxylation is 1. The third-order valence-electron chi connectivity index (χ3n) is 5.58. The molecule has 0 saturated carbocycles. The Morgan fingerprint density at radius 2 is 1.71 bits per heavy atom. The predicted octanol–water partition coefficient (Wildman–Crippen LogP) is 2.28. The lowest BCUT2D eigenvalue weighted by Gasteiger charge is -2.15. The van der Waals surface area contributed by atoms with Crippen LogP contribution in [-0.4, -0.2) is 46.0 Å². The number of carboxylic acids is 1. The third kappa shape index (κ3) is 4.76. The Kier molecular flexibility index (Phi) is 6.59. The van der Waals surface area contributed by atoms with Crippen molar-refractivity contribution in [3.05, 3.63) is 77.1 Å². The molecule has 0 fully saturated rings. The monoisotopic (exact) mass is 458 g/mol. The lowest BCUT2D eigenvalue weighted by atomic mass is 9.98. The summed E-state index contributed by atoms with van der Waals surface area (Å²) in [7, 11) is 1.65. The van der Waals surface area contributed by atoms with Gasteiger partial charge in [0.1, 0.15) is 6.61 Å². The lowest BCUT2D eigenvalue weighted by Crippen LogP contribution is -2.29. The molecule has 0 radical (unpaired) electrons. The third-order valence-corrected chi connectivity index (χ3v) is 5.58. The summed E-state index contributed by atoms with van der Waals surface area (Å²) in [5, 5.41) is 17.8. The highest BCUT2D eigenvalue weighted by Crippen LogP contribution is 2.44. The minimum atomic E-state index is -1.27. The normalized spacial score (nSPS) is 11.6. The van der Waals surface area contributed by atoms with E-state index < -0.39 is 18.0 Å². The molecule has 1 heterocycles. The second-order valence-electron chi connectivity index (χ2n) is 7.60. The van der Waals surface area contributed by atoms with Gasteiger partial charge in [-0.25, -0.2) is 9.59 Å². The van der Waals surface area contributed by atoms with E-state index in [1.807, 2.05) is 42.3 Å². The van der Waals surface area contributed by atoms with Crippen LogP contribution in [0.25, 0.3) is 11.1 Å². The van der Waals surface area contributed by atoms with Gasteiger partial charge in [0.15, 0.2) is 0 Å². The Balaban J connectivity index is 1.36. The Labute approximate surface area is 195 Å². The maximum atomic E-state index is 12.4. The topological polar surface area (TPSA) is 123 Å². The van der Waals surface area contributed by atoms with Crippen LogP contribution in [0.1, 0.15) is 33.1 Å². The minimum Gasteiger partial charge on any atom is -0.472 e. The first-order valence-electron chi connectivity index (χ1n) is 10.6. The summed E-state index contributed by atoms with van der Waals surface area (Å²) in [6, 6.07) is 16.1. The van der Waals surface area contributed by atoms with Crippen molar-refractivity contribution in [2.24, 2.45) is 7.05 Å². The molecule has 172 valence electrons. The number of hydrogen-bond donors (Lipinski definition) is 3. The van der Waals surface area contributed by atoms with Gasteiger partial charge in [0.05, 0.1) is 30.5 Å². The van der Waals surface area contributed by atoms with Crippen molar-refractivity contribution < 1.29 is 24.2 Å². The van der Waals surface area contributed by atoms with E-state index in [-0.39, 0.29) is 31.2 Å². The summed E-state index contributed by atoms with van der Waals surface area (Å²) in [6.07, 6.45) is 0.760. The molecule has 0 spiro atoms. The summed E-state index contributed by atoms with van der Waals surface area (Å²) >= 11 is 0. The average Bonchev–Trinajstić information content (AvgIpc) is 3.36. The number of aromatic nitrogens is 2. The summed E-state index contributed by atoms with van der Waals surface area (Å²) < 4.78 is 7.00. The first-order valence-corrected chi connectivity index (χ1v) is 10.6. The lowest BCUT2D eigenvalue weighted by molar-refractivity contribution is -0.130. The molecule has 2 amide bonds. The Hall–Kier alpha value is -4.58. The fourth-order valence-corrected chi connectivity index (χ4v) is 4.01. The van der Waals surface area contributed by atoms with E-state index in [0.717, 1.165) is 22.3 Å². The number of carbonyl (C=O) groups is 3. The van der Waals surface area contributed by atoms with Crippen molar-refractivity contribution in [1.29, 1.82) is 0 Å². The Bertz CT molecular complexity index is 1270. The molecule has 0 saturated heterocycles. The highest BCUT2D eigenvalue weighted by atomic mass is 16.5. The molecule has 34 heavy (non-hydrogen) atoms. The molecule has 1 aliphatic rings. The second kappa shape index (κ2) is 9.92. The Morgan fingerprint density at radius 1 is 1.06 bits per heavy atom. The molecule has 0 aliphatic heterocycles. The van der Waals surface area contributed by atoms with Gasteiger partial charge in [-0.05, 0) is 22.3 Å². The van der Waals surface area contributed by atoms with Gasteiger partial charge < -0.3 is 20.5 Å². The van der Waals surface area contributed by atoms with E-state index in [1.54, 1.807) is 7.05 Å². The van der Waals surface area contributed by atoms with Gasteiger partial charge in [0, 0.05) is 18.9 Å². The summed E-state index contributed by atoms with van der Waals surface area (Å²) in [5.41, 5.74) is 5.24. The molecule has 4 rings (SSSR count). The van der Waals surface area contributed by atoms with Gasteiger partial charge in [-0.1, -0.05) is 54.5 Å². The number of hydrogen-bond acceptors (Lipinski definition) is 5. The van der Waals surface area contributed by atoms with E-state index in [9.17, 15) is 14.4 Å². The molecule has 0 atom stereocenters. The number of nitrogens with one attached hydrogen (secondary N) is 2. The summed E-state index contributed by atoms with van der Waals surface area (Å²) in [6.45, 7) is 0.0802. The largest absolute Gasteiger partial charge is 0.472 e. The van der Waals surface area contributed by atoms with Crippen LogP contribution in [0.15, 0.2) is 54.7 Å². The van der Waals surface area contributed by atoms with Crippen LogP contribution >= 0.6 is 0 Å². The molecule has 2 aromatic carbocycles. The number of nitrogens with zero attached hydrogens (tertiary/aromatic N) is 2. The molecule has 0 unspecified atom stereocenters. The molecular weight excluding hydrogens is 436 g/mol. The SMILES string of the molecule is Cn1ncc(C(=O)NCC#CC(=O)O)c1CNC(=O)OCC1c2ccccc2-c2ccccc21. The van der Waals surface area contributed by atoms with Crippen molar-refractivity contribution >= 4 is 18.0 Å². The number of alkyl carbamates (subject to hydrolysis) is 1. The van der Waals surface area contributed by atoms with Crippen LogP contribution in [0, 0.1) is 11.8 Å². The number of carboxylic acid groups (broad SMARTS) is 1. The van der Waals surface area contributed by atoms with Crippen LogP contribution < -0.4 is 10.6 Å². The zero-order chi connectivity index (χ0) is 24.1. The van der Waals surface area contributed by atoms with Gasteiger partial charge in [-0.3, -0.25) is 9.48 Å². The zero-order valence-corrected chi connectivity index (χ0v) is 18.4. The molecule has 1 aromatic heterocycles. The molecule has 9 nitrogen and oxygen atoms in total. The van der Waals surface area contributed by atoms with E-state index >= 15 is 0 Å². The number of amides is 2. The number of carbonyl (C=O) groups excluding carboxylic acids is 2. The summed E-state index contributed by atoms with van der Waals surface area (Å²) in [4.78, 5) is 35.3. The van der Waals surface area contributed by atoms with Crippen LogP contribution in [0.5, 0.6) is 0 Å². The fraction of sp³-hybridized carbons (Fsp3) is 0.200. The molecule has 3 aromatic rings. The zero-order valence-electron chi connectivity index (χ0n) is 18.4. The molecule has 1 aliphatic carbocycles. The van der Waals surface area contributed by atoms with Crippen molar-refractivity contribution in [1.82, 2.24) is 20.4 Å². The predicted molar refractivity (Wildman–Crippen MR) is 123 cm³/mol. The number of fused-ring (bicyclic) bond motifs is 3.